The molecule has 216 valence electrons. The summed E-state index contributed by atoms with van der Waals surface area (Å²) in [5.74, 6) is -1.07. The summed E-state index contributed by atoms with van der Waals surface area (Å²) in [5, 5.41) is 5.34. The van der Waals surface area contributed by atoms with Gasteiger partial charge >= 0.3 is 0 Å². The van der Waals surface area contributed by atoms with E-state index in [9.17, 15) is 18.8 Å². The quantitative estimate of drug-likeness (QED) is 0.564. The van der Waals surface area contributed by atoms with E-state index in [1.54, 1.807) is 6.07 Å². The highest BCUT2D eigenvalue weighted by atomic mass is 19.1. The summed E-state index contributed by atoms with van der Waals surface area (Å²) in [6.07, 6.45) is 8.07. The Labute approximate surface area is 232 Å². The average molecular weight is 545 g/mol. The van der Waals surface area contributed by atoms with Crippen molar-refractivity contribution in [2.24, 2.45) is 0 Å². The Morgan fingerprint density at radius 2 is 1.69 bits per heavy atom. The van der Waals surface area contributed by atoms with E-state index >= 15 is 0 Å². The van der Waals surface area contributed by atoms with Gasteiger partial charge in [0.1, 0.15) is 12.2 Å². The molecule has 1 aliphatic carbocycles. The second kappa shape index (κ2) is 13.8. The van der Waals surface area contributed by atoms with E-state index in [0.29, 0.717) is 37.3 Å². The number of carbonyl (C=O) groups excluding carboxylic acids is 3. The lowest BCUT2D eigenvalue weighted by Gasteiger charge is -2.34. The third-order valence-corrected chi connectivity index (χ3v) is 8.49. The van der Waals surface area contributed by atoms with Crippen molar-refractivity contribution >= 4 is 17.7 Å². The van der Waals surface area contributed by atoms with E-state index in [1.807, 2.05) is 26.0 Å². The number of rotatable bonds is 4. The van der Waals surface area contributed by atoms with E-state index in [0.717, 1.165) is 24.1 Å². The number of nitrogens with zero attached hydrogens (tertiary/aromatic N) is 2. The second-order valence-corrected chi connectivity index (χ2v) is 11.1. The molecule has 1 aromatic carbocycles. The molecule has 39 heavy (non-hydrogen) atoms. The number of likely N-dealkylation sites (tertiary alicyclic amines) is 1. The van der Waals surface area contributed by atoms with Gasteiger partial charge in [-0.15, -0.1) is 0 Å². The van der Waals surface area contributed by atoms with Crippen LogP contribution in [-0.2, 0) is 20.9 Å². The number of piperidine rings is 3. The molecule has 1 aromatic rings. The van der Waals surface area contributed by atoms with Crippen LogP contribution in [-0.4, -0.2) is 85.2 Å². The number of amides is 3. The van der Waals surface area contributed by atoms with Crippen LogP contribution in [0.15, 0.2) is 18.2 Å². The van der Waals surface area contributed by atoms with Crippen LogP contribution in [0.1, 0.15) is 92.6 Å². The molecule has 2 N–H and O–H groups in total. The first-order valence-electron chi connectivity index (χ1n) is 14.9. The zero-order chi connectivity index (χ0) is 27.9. The second-order valence-electron chi connectivity index (χ2n) is 11.1. The molecule has 4 fully saturated rings. The van der Waals surface area contributed by atoms with Gasteiger partial charge in [-0.2, -0.15) is 0 Å². The number of fused-ring (bicyclic) bond motifs is 1. The number of hydrogen-bond acceptors (Lipinski definition) is 6. The molecule has 4 aliphatic heterocycles. The minimum Gasteiger partial charge on any atom is -0.375 e. The van der Waals surface area contributed by atoms with E-state index in [1.165, 1.54) is 50.1 Å². The molecule has 0 bridgehead atoms. The lowest BCUT2D eigenvalue weighted by Crippen LogP contribution is -2.52. The lowest BCUT2D eigenvalue weighted by atomic mass is 9.87. The van der Waals surface area contributed by atoms with Gasteiger partial charge in [-0.05, 0) is 75.7 Å². The average Bonchev–Trinajstić information content (AvgIpc) is 3.24. The van der Waals surface area contributed by atoms with Gasteiger partial charge in [0.25, 0.3) is 5.91 Å². The van der Waals surface area contributed by atoms with Crippen molar-refractivity contribution in [1.82, 2.24) is 20.4 Å². The van der Waals surface area contributed by atoms with Gasteiger partial charge in [0.15, 0.2) is 0 Å². The molecule has 3 amide bonds. The fourth-order valence-electron chi connectivity index (χ4n) is 5.92. The molecule has 3 saturated heterocycles. The number of ether oxygens (including phenoxy) is 1. The maximum Gasteiger partial charge on any atom is 0.255 e. The van der Waals surface area contributed by atoms with Crippen LogP contribution >= 0.6 is 0 Å². The fourth-order valence-corrected chi connectivity index (χ4v) is 5.92. The number of alkyl halides is 1. The van der Waals surface area contributed by atoms with Gasteiger partial charge in [-0.25, -0.2) is 4.39 Å². The number of hydrogen-bond donors (Lipinski definition) is 2. The zero-order valence-electron chi connectivity index (χ0n) is 23.7. The van der Waals surface area contributed by atoms with Crippen molar-refractivity contribution in [2.45, 2.75) is 102 Å². The zero-order valence-corrected chi connectivity index (χ0v) is 23.7. The Balaban J connectivity index is 0.000000211. The largest absolute Gasteiger partial charge is 0.375 e. The first-order valence-corrected chi connectivity index (χ1v) is 14.9. The predicted octanol–water partition coefficient (Wildman–Crippen LogP) is 3.54. The number of imide groups is 1. The summed E-state index contributed by atoms with van der Waals surface area (Å²) in [5.41, 5.74) is 2.31. The SMILES string of the molecule is CC.CN1CCC(OC2CCC2)CC1.O=C1CCC(N2Cc3cc(C4CCNCC4F)ccc3C2=O)C(=O)N1. The summed E-state index contributed by atoms with van der Waals surface area (Å²) in [4.78, 5) is 39.9. The van der Waals surface area contributed by atoms with Crippen LogP contribution in [0, 0.1) is 0 Å². The van der Waals surface area contributed by atoms with Crippen LogP contribution in [0.25, 0.3) is 0 Å². The highest BCUT2D eigenvalue weighted by molar-refractivity contribution is 6.05. The number of benzene rings is 1. The van der Waals surface area contributed by atoms with Crippen molar-refractivity contribution in [1.29, 1.82) is 0 Å². The normalized spacial score (nSPS) is 27.9. The molecule has 0 aromatic heterocycles. The summed E-state index contributed by atoms with van der Waals surface area (Å²) in [7, 11) is 2.19. The Morgan fingerprint density at radius 1 is 0.974 bits per heavy atom. The maximum atomic E-state index is 14.2. The summed E-state index contributed by atoms with van der Waals surface area (Å²) in [6, 6.07) is 4.86. The van der Waals surface area contributed by atoms with Crippen molar-refractivity contribution in [3.8, 4) is 0 Å². The molecule has 0 radical (unpaired) electrons. The number of nitrogens with one attached hydrogen (secondary N) is 2. The van der Waals surface area contributed by atoms with Crippen molar-refractivity contribution in [3.63, 3.8) is 0 Å². The van der Waals surface area contributed by atoms with E-state index in [2.05, 4.69) is 22.6 Å². The van der Waals surface area contributed by atoms with Crippen LogP contribution in [0.3, 0.4) is 0 Å². The highest BCUT2D eigenvalue weighted by Crippen LogP contribution is 2.33. The van der Waals surface area contributed by atoms with Gasteiger partial charge in [-0.3, -0.25) is 19.7 Å². The fraction of sp³-hybridized carbons (Fsp3) is 0.700. The Bertz CT molecular complexity index is 1010. The number of carbonyl (C=O) groups is 3. The van der Waals surface area contributed by atoms with Crippen molar-refractivity contribution in [3.05, 3.63) is 34.9 Å². The molecular weight excluding hydrogens is 499 g/mol. The standard InChI is InChI=1S/C18H20FN3O3.C10H19NO.C2H6/c19-14-8-20-6-5-12(14)10-1-2-13-11(7-10)9-22(18(13)25)15-3-4-16(23)21-17(15)24;1-11-7-5-10(6-8-11)12-9-3-2-4-9;1-2/h1-2,7,12,14-15,20H,3-6,8-9H2,(H,21,23,24);9-10H,2-8H2,1H3;1-2H3. The molecule has 6 rings (SSSR count). The van der Waals surface area contributed by atoms with E-state index < -0.39 is 18.1 Å². The third-order valence-electron chi connectivity index (χ3n) is 8.49. The predicted molar refractivity (Wildman–Crippen MR) is 148 cm³/mol. The van der Waals surface area contributed by atoms with Crippen LogP contribution in [0.2, 0.25) is 0 Å². The minimum atomic E-state index is -0.935. The Hall–Kier alpha value is -2.36. The Kier molecular flexibility index (Phi) is 10.5. The first kappa shape index (κ1) is 29.6. The summed E-state index contributed by atoms with van der Waals surface area (Å²) < 4.78 is 20.1. The molecule has 0 spiro atoms. The third kappa shape index (κ3) is 7.24. The molecule has 8 nitrogen and oxygen atoms in total. The molecule has 5 aliphatic rings. The molecule has 3 unspecified atom stereocenters. The molecule has 9 heteroatoms. The van der Waals surface area contributed by atoms with Crippen LogP contribution < -0.4 is 10.6 Å². The minimum absolute atomic E-state index is 0.161. The van der Waals surface area contributed by atoms with Gasteiger partial charge in [-0.1, -0.05) is 26.0 Å². The number of halogens is 1. The van der Waals surface area contributed by atoms with Gasteiger partial charge < -0.3 is 19.9 Å². The van der Waals surface area contributed by atoms with Crippen molar-refractivity contribution in [2.75, 3.05) is 33.2 Å². The van der Waals surface area contributed by atoms with Gasteiger partial charge in [0.2, 0.25) is 11.8 Å². The molecular formula is C30H45FN4O4. The first-order chi connectivity index (χ1) is 18.9. The summed E-state index contributed by atoms with van der Waals surface area (Å²) >= 11 is 0. The smallest absolute Gasteiger partial charge is 0.255 e. The Morgan fingerprint density at radius 3 is 2.33 bits per heavy atom. The van der Waals surface area contributed by atoms with Crippen molar-refractivity contribution < 1.29 is 23.5 Å². The topological polar surface area (TPSA) is 91.0 Å². The molecule has 4 heterocycles. The summed E-state index contributed by atoms with van der Waals surface area (Å²) in [6.45, 7) is 7.90. The van der Waals surface area contributed by atoms with Gasteiger partial charge in [0, 0.05) is 44.1 Å². The molecule has 1 saturated carbocycles. The van der Waals surface area contributed by atoms with E-state index in [-0.39, 0.29) is 24.2 Å². The monoisotopic (exact) mass is 544 g/mol. The van der Waals surface area contributed by atoms with Crippen LogP contribution in [0.4, 0.5) is 4.39 Å². The van der Waals surface area contributed by atoms with Gasteiger partial charge in [0.05, 0.1) is 12.2 Å². The van der Waals surface area contributed by atoms with Crippen LogP contribution in [0.5, 0.6) is 0 Å². The highest BCUT2D eigenvalue weighted by Gasteiger charge is 2.39. The maximum absolute atomic E-state index is 14.2. The lowest BCUT2D eigenvalue weighted by molar-refractivity contribution is -0.136. The molecule has 3 atom stereocenters. The van der Waals surface area contributed by atoms with E-state index in [4.69, 9.17) is 4.74 Å².